The summed E-state index contributed by atoms with van der Waals surface area (Å²) in [6.45, 7) is 1.94. The average Bonchev–Trinajstić information content (AvgIpc) is 2.16. The Hall–Kier alpha value is -1.19. The number of aryl methyl sites for hydroxylation is 1. The van der Waals surface area contributed by atoms with Crippen molar-refractivity contribution in [2.24, 2.45) is 0 Å². The second-order valence-electron chi connectivity index (χ2n) is 3.29. The van der Waals surface area contributed by atoms with Crippen LogP contribution in [-0.4, -0.2) is 13.3 Å². The van der Waals surface area contributed by atoms with Crippen LogP contribution in [0.5, 0.6) is 5.75 Å². The molecule has 0 aliphatic heterocycles. The van der Waals surface area contributed by atoms with Crippen LogP contribution in [0.2, 0.25) is 0 Å². The van der Waals surface area contributed by atoms with E-state index in [1.807, 2.05) is 6.92 Å². The van der Waals surface area contributed by atoms with Crippen molar-refractivity contribution >= 4 is 0 Å². The smallest absolute Gasteiger partial charge is 0.393 e. The second-order valence-corrected chi connectivity index (χ2v) is 3.29. The average molecular weight is 218 g/mol. The SMILES string of the molecule is CCc1ccc(CC(F)(F)F)c(OC)c1. The Morgan fingerprint density at radius 2 is 1.93 bits per heavy atom. The summed E-state index contributed by atoms with van der Waals surface area (Å²) in [6, 6.07) is 4.83. The number of halogens is 3. The third-order valence-electron chi connectivity index (χ3n) is 2.15. The molecule has 1 rings (SSSR count). The van der Waals surface area contributed by atoms with Crippen LogP contribution in [0, 0.1) is 0 Å². The predicted molar refractivity (Wildman–Crippen MR) is 52.1 cm³/mol. The Kier molecular flexibility index (Phi) is 3.61. The highest BCUT2D eigenvalue weighted by Gasteiger charge is 2.29. The molecule has 0 aliphatic carbocycles. The van der Waals surface area contributed by atoms with Gasteiger partial charge in [0.2, 0.25) is 0 Å². The number of ether oxygens (including phenoxy) is 1. The number of methoxy groups -OCH3 is 1. The minimum atomic E-state index is -4.19. The first-order valence-corrected chi connectivity index (χ1v) is 4.69. The first-order valence-electron chi connectivity index (χ1n) is 4.69. The highest BCUT2D eigenvalue weighted by Crippen LogP contribution is 2.28. The molecule has 0 spiro atoms. The molecular formula is C11H13F3O. The van der Waals surface area contributed by atoms with Gasteiger partial charge in [0, 0.05) is 5.56 Å². The minimum Gasteiger partial charge on any atom is -0.496 e. The molecule has 84 valence electrons. The van der Waals surface area contributed by atoms with Crippen molar-refractivity contribution in [3.05, 3.63) is 29.3 Å². The van der Waals surface area contributed by atoms with Gasteiger partial charge in [-0.3, -0.25) is 0 Å². The van der Waals surface area contributed by atoms with Gasteiger partial charge in [0.25, 0.3) is 0 Å². The summed E-state index contributed by atoms with van der Waals surface area (Å²) in [5, 5.41) is 0. The standard InChI is InChI=1S/C11H13F3O/c1-3-8-4-5-9(7-11(12,13)14)10(6-8)15-2/h4-6H,3,7H2,1-2H3. The normalized spacial score (nSPS) is 11.5. The quantitative estimate of drug-likeness (QED) is 0.755. The van der Waals surface area contributed by atoms with Crippen LogP contribution in [-0.2, 0) is 12.8 Å². The van der Waals surface area contributed by atoms with Gasteiger partial charge in [-0.05, 0) is 18.1 Å². The van der Waals surface area contributed by atoms with E-state index in [0.29, 0.717) is 5.75 Å². The van der Waals surface area contributed by atoms with Gasteiger partial charge in [-0.25, -0.2) is 0 Å². The van der Waals surface area contributed by atoms with Crippen LogP contribution in [0.25, 0.3) is 0 Å². The van der Waals surface area contributed by atoms with Gasteiger partial charge in [-0.2, -0.15) is 13.2 Å². The van der Waals surface area contributed by atoms with Crippen molar-refractivity contribution in [1.82, 2.24) is 0 Å². The van der Waals surface area contributed by atoms with Gasteiger partial charge < -0.3 is 4.74 Å². The monoisotopic (exact) mass is 218 g/mol. The number of alkyl halides is 3. The summed E-state index contributed by atoms with van der Waals surface area (Å²) in [6.07, 6.45) is -4.36. The minimum absolute atomic E-state index is 0.183. The van der Waals surface area contributed by atoms with Crippen molar-refractivity contribution in [2.75, 3.05) is 7.11 Å². The third kappa shape index (κ3) is 3.46. The van der Waals surface area contributed by atoms with Gasteiger partial charge in [0.1, 0.15) is 5.75 Å². The molecule has 0 N–H and O–H groups in total. The Balaban J connectivity index is 2.97. The molecule has 0 bridgehead atoms. The maximum absolute atomic E-state index is 12.2. The zero-order chi connectivity index (χ0) is 11.5. The first-order chi connectivity index (χ1) is 6.96. The largest absolute Gasteiger partial charge is 0.496 e. The summed E-state index contributed by atoms with van der Waals surface area (Å²) in [5.41, 5.74) is 1.15. The molecular weight excluding hydrogens is 205 g/mol. The van der Waals surface area contributed by atoms with Gasteiger partial charge in [-0.15, -0.1) is 0 Å². The topological polar surface area (TPSA) is 9.23 Å². The van der Waals surface area contributed by atoms with E-state index in [0.717, 1.165) is 12.0 Å². The van der Waals surface area contributed by atoms with Gasteiger partial charge in [-0.1, -0.05) is 19.1 Å². The van der Waals surface area contributed by atoms with Crippen LogP contribution >= 0.6 is 0 Å². The molecule has 4 heteroatoms. The molecule has 15 heavy (non-hydrogen) atoms. The summed E-state index contributed by atoms with van der Waals surface area (Å²) in [7, 11) is 1.38. The zero-order valence-corrected chi connectivity index (χ0v) is 8.69. The zero-order valence-electron chi connectivity index (χ0n) is 8.69. The molecule has 0 aromatic heterocycles. The number of benzene rings is 1. The molecule has 1 nitrogen and oxygen atoms in total. The van der Waals surface area contributed by atoms with E-state index in [4.69, 9.17) is 4.74 Å². The lowest BCUT2D eigenvalue weighted by molar-refractivity contribution is -0.127. The van der Waals surface area contributed by atoms with Gasteiger partial charge in [0.15, 0.2) is 0 Å². The van der Waals surface area contributed by atoms with Crippen LogP contribution in [0.4, 0.5) is 13.2 Å². The molecule has 0 atom stereocenters. The highest BCUT2D eigenvalue weighted by atomic mass is 19.4. The fraction of sp³-hybridized carbons (Fsp3) is 0.455. The molecule has 0 unspecified atom stereocenters. The Labute approximate surface area is 86.9 Å². The molecule has 0 radical (unpaired) electrons. The maximum atomic E-state index is 12.2. The fourth-order valence-corrected chi connectivity index (χ4v) is 1.37. The molecule has 0 fully saturated rings. The Bertz CT molecular complexity index is 331. The van der Waals surface area contributed by atoms with E-state index >= 15 is 0 Å². The van der Waals surface area contributed by atoms with Gasteiger partial charge in [0.05, 0.1) is 13.5 Å². The van der Waals surface area contributed by atoms with E-state index < -0.39 is 12.6 Å². The fourth-order valence-electron chi connectivity index (χ4n) is 1.37. The number of hydrogen-bond acceptors (Lipinski definition) is 1. The third-order valence-corrected chi connectivity index (χ3v) is 2.15. The van der Waals surface area contributed by atoms with Crippen molar-refractivity contribution in [3.8, 4) is 5.75 Å². The lowest BCUT2D eigenvalue weighted by Gasteiger charge is -2.11. The number of rotatable bonds is 3. The maximum Gasteiger partial charge on any atom is 0.393 e. The van der Waals surface area contributed by atoms with E-state index in [-0.39, 0.29) is 5.56 Å². The number of hydrogen-bond donors (Lipinski definition) is 0. The molecule has 0 heterocycles. The Morgan fingerprint density at radius 3 is 2.40 bits per heavy atom. The van der Waals surface area contributed by atoms with Crippen LogP contribution in [0.15, 0.2) is 18.2 Å². The summed E-state index contributed by atoms with van der Waals surface area (Å²) in [5.74, 6) is 0.312. The van der Waals surface area contributed by atoms with E-state index in [1.54, 1.807) is 12.1 Å². The lowest BCUT2D eigenvalue weighted by atomic mass is 10.1. The van der Waals surface area contributed by atoms with E-state index in [1.165, 1.54) is 13.2 Å². The molecule has 0 aliphatic rings. The Morgan fingerprint density at radius 1 is 1.27 bits per heavy atom. The molecule has 1 aromatic rings. The van der Waals surface area contributed by atoms with Crippen LogP contribution < -0.4 is 4.74 Å². The predicted octanol–water partition coefficient (Wildman–Crippen LogP) is 3.36. The molecule has 0 saturated carbocycles. The lowest BCUT2D eigenvalue weighted by Crippen LogP contribution is -2.12. The summed E-state index contributed by atoms with van der Waals surface area (Å²) in [4.78, 5) is 0. The molecule has 0 amide bonds. The van der Waals surface area contributed by atoms with Crippen molar-refractivity contribution < 1.29 is 17.9 Å². The van der Waals surface area contributed by atoms with Crippen molar-refractivity contribution in [2.45, 2.75) is 25.9 Å². The summed E-state index contributed by atoms with van der Waals surface area (Å²) < 4.78 is 41.5. The van der Waals surface area contributed by atoms with Crippen LogP contribution in [0.1, 0.15) is 18.1 Å². The van der Waals surface area contributed by atoms with Gasteiger partial charge >= 0.3 is 6.18 Å². The molecule has 1 aromatic carbocycles. The van der Waals surface area contributed by atoms with Crippen molar-refractivity contribution in [1.29, 1.82) is 0 Å². The van der Waals surface area contributed by atoms with E-state index in [2.05, 4.69) is 0 Å². The highest BCUT2D eigenvalue weighted by molar-refractivity contribution is 5.38. The van der Waals surface area contributed by atoms with Crippen molar-refractivity contribution in [3.63, 3.8) is 0 Å². The van der Waals surface area contributed by atoms with Crippen LogP contribution in [0.3, 0.4) is 0 Å². The molecule has 0 saturated heterocycles. The summed E-state index contributed by atoms with van der Waals surface area (Å²) >= 11 is 0. The first kappa shape index (κ1) is 11.9. The second kappa shape index (κ2) is 4.55. The van der Waals surface area contributed by atoms with E-state index in [9.17, 15) is 13.2 Å².